The van der Waals surface area contributed by atoms with Crippen molar-refractivity contribution in [2.75, 3.05) is 0 Å². The van der Waals surface area contributed by atoms with Crippen molar-refractivity contribution in [1.82, 2.24) is 5.32 Å². The lowest BCUT2D eigenvalue weighted by Gasteiger charge is -2.11. The maximum Gasteiger partial charge on any atom is 0.288 e. The van der Waals surface area contributed by atoms with Crippen LogP contribution < -0.4 is 10.7 Å². The van der Waals surface area contributed by atoms with Gasteiger partial charge in [-0.1, -0.05) is 23.7 Å². The van der Waals surface area contributed by atoms with Gasteiger partial charge in [0.1, 0.15) is 11.3 Å². The predicted octanol–water partition coefficient (Wildman–Crippen LogP) is 3.29. The average molecular weight is 342 g/mol. The number of carbonyl (C=O) groups is 1. The fourth-order valence-electron chi connectivity index (χ4n) is 2.95. The first-order chi connectivity index (χ1) is 11.5. The second kappa shape index (κ2) is 5.11. The van der Waals surface area contributed by atoms with Crippen LogP contribution in [-0.2, 0) is 0 Å². The molecule has 2 aromatic carbocycles. The van der Waals surface area contributed by atoms with E-state index in [4.69, 9.17) is 16.0 Å². The molecule has 4 rings (SSSR count). The number of fused-ring (bicyclic) bond motifs is 2. The number of halogens is 1. The van der Waals surface area contributed by atoms with Crippen LogP contribution in [0.1, 0.15) is 33.3 Å². The maximum atomic E-state index is 12.9. The smallest absolute Gasteiger partial charge is 0.288 e. The molecule has 0 saturated heterocycles. The van der Waals surface area contributed by atoms with Crippen molar-refractivity contribution < 1.29 is 14.3 Å². The lowest BCUT2D eigenvalue weighted by atomic mass is 9.99. The van der Waals surface area contributed by atoms with Gasteiger partial charge < -0.3 is 14.8 Å². The Hall–Kier alpha value is -2.79. The molecule has 3 aromatic rings. The molecular weight excluding hydrogens is 330 g/mol. The fraction of sp³-hybridized carbons (Fsp3) is 0.111. The average Bonchev–Trinajstić information content (AvgIpc) is 2.88. The number of benzene rings is 2. The van der Waals surface area contributed by atoms with E-state index < -0.39 is 11.9 Å². The van der Waals surface area contributed by atoms with Gasteiger partial charge in [0.25, 0.3) is 5.91 Å². The Labute approximate surface area is 141 Å². The Kier molecular flexibility index (Phi) is 3.15. The van der Waals surface area contributed by atoms with Gasteiger partial charge in [0.05, 0.1) is 17.0 Å². The Balaban J connectivity index is 2.00. The number of phenols is 1. The highest BCUT2D eigenvalue weighted by Crippen LogP contribution is 2.32. The van der Waals surface area contributed by atoms with Crippen molar-refractivity contribution in [2.24, 2.45) is 0 Å². The van der Waals surface area contributed by atoms with Gasteiger partial charge in [-0.3, -0.25) is 9.59 Å². The number of phenolic OH excluding ortho intramolecular Hbond substituents is 1. The van der Waals surface area contributed by atoms with E-state index in [0.29, 0.717) is 21.6 Å². The zero-order valence-corrected chi connectivity index (χ0v) is 13.3. The lowest BCUT2D eigenvalue weighted by Crippen LogP contribution is -2.21. The highest BCUT2D eigenvalue weighted by molar-refractivity contribution is 6.32. The third-order valence-electron chi connectivity index (χ3n) is 4.20. The minimum absolute atomic E-state index is 0.0206. The van der Waals surface area contributed by atoms with Crippen LogP contribution in [0.25, 0.3) is 11.0 Å². The number of aryl methyl sites for hydroxylation is 1. The topological polar surface area (TPSA) is 79.5 Å². The van der Waals surface area contributed by atoms with Crippen LogP contribution in [0.15, 0.2) is 45.6 Å². The van der Waals surface area contributed by atoms with Crippen molar-refractivity contribution in [3.05, 3.63) is 74.1 Å². The van der Waals surface area contributed by atoms with E-state index in [0.717, 1.165) is 5.56 Å². The number of hydrogen-bond acceptors (Lipinski definition) is 4. The SMILES string of the molecule is Cc1cc2oc3c(c(=O)c2cc1Cl)[C@H](c1ccc(O)cc1)NC3=O. The monoisotopic (exact) mass is 341 g/mol. The van der Waals surface area contributed by atoms with Crippen molar-refractivity contribution in [3.63, 3.8) is 0 Å². The van der Waals surface area contributed by atoms with Crippen LogP contribution in [0.3, 0.4) is 0 Å². The number of nitrogens with one attached hydrogen (secondary N) is 1. The summed E-state index contributed by atoms with van der Waals surface area (Å²) in [5.74, 6) is -0.307. The summed E-state index contributed by atoms with van der Waals surface area (Å²) in [6, 6.07) is 8.91. The lowest BCUT2D eigenvalue weighted by molar-refractivity contribution is 0.0938. The molecule has 0 unspecified atom stereocenters. The molecule has 0 fully saturated rings. The van der Waals surface area contributed by atoms with Gasteiger partial charge in [-0.25, -0.2) is 0 Å². The van der Waals surface area contributed by atoms with Gasteiger partial charge in [-0.05, 0) is 42.3 Å². The first-order valence-electron chi connectivity index (χ1n) is 7.32. The fourth-order valence-corrected chi connectivity index (χ4v) is 3.11. The summed E-state index contributed by atoms with van der Waals surface area (Å²) in [6.07, 6.45) is 0. The van der Waals surface area contributed by atoms with Gasteiger partial charge in [0.15, 0.2) is 5.43 Å². The summed E-state index contributed by atoms with van der Waals surface area (Å²) in [6.45, 7) is 1.80. The molecule has 1 aliphatic rings. The second-order valence-corrected chi connectivity index (χ2v) is 6.18. The molecule has 1 aromatic heterocycles. The molecule has 1 aliphatic heterocycles. The second-order valence-electron chi connectivity index (χ2n) is 5.77. The van der Waals surface area contributed by atoms with Crippen LogP contribution in [0, 0.1) is 6.92 Å². The number of aromatic hydroxyl groups is 1. The first kappa shape index (κ1) is 14.8. The number of amides is 1. The zero-order valence-electron chi connectivity index (χ0n) is 12.6. The summed E-state index contributed by atoms with van der Waals surface area (Å²) < 4.78 is 5.69. The van der Waals surface area contributed by atoms with Crippen LogP contribution >= 0.6 is 11.6 Å². The molecule has 2 heterocycles. The molecule has 24 heavy (non-hydrogen) atoms. The van der Waals surface area contributed by atoms with Gasteiger partial charge >= 0.3 is 0 Å². The summed E-state index contributed by atoms with van der Waals surface area (Å²) in [5.41, 5.74) is 1.76. The minimum atomic E-state index is -0.617. The predicted molar refractivity (Wildman–Crippen MR) is 89.6 cm³/mol. The standard InChI is InChI=1S/C18H12ClNO4/c1-8-6-13-11(7-12(8)19)16(22)14-15(20-18(23)17(14)24-13)9-2-4-10(21)5-3-9/h2-7,15,21H,1H3,(H,20,23)/t15-/m0/s1. The van der Waals surface area contributed by atoms with Crippen LogP contribution in [0.4, 0.5) is 0 Å². The molecule has 120 valence electrons. The quantitative estimate of drug-likeness (QED) is 0.711. The normalized spacial score (nSPS) is 16.2. The first-order valence-corrected chi connectivity index (χ1v) is 7.70. The highest BCUT2D eigenvalue weighted by Gasteiger charge is 2.35. The van der Waals surface area contributed by atoms with Crippen molar-refractivity contribution in [2.45, 2.75) is 13.0 Å². The summed E-state index contributed by atoms with van der Waals surface area (Å²) in [5, 5.41) is 13.0. The summed E-state index contributed by atoms with van der Waals surface area (Å²) in [4.78, 5) is 25.2. The van der Waals surface area contributed by atoms with Gasteiger partial charge in [0, 0.05) is 5.02 Å². The molecule has 1 atom stereocenters. The number of carbonyl (C=O) groups excluding carboxylic acids is 1. The minimum Gasteiger partial charge on any atom is -0.508 e. The Bertz CT molecular complexity index is 1050. The van der Waals surface area contributed by atoms with E-state index in [-0.39, 0.29) is 22.5 Å². The molecule has 0 aliphatic carbocycles. The number of rotatable bonds is 1. The summed E-state index contributed by atoms with van der Waals surface area (Å²) >= 11 is 6.12. The van der Waals surface area contributed by atoms with Gasteiger partial charge in [-0.15, -0.1) is 0 Å². The van der Waals surface area contributed by atoms with Gasteiger partial charge in [0.2, 0.25) is 5.76 Å². The number of hydrogen-bond donors (Lipinski definition) is 2. The molecule has 6 heteroatoms. The zero-order chi connectivity index (χ0) is 17.0. The largest absolute Gasteiger partial charge is 0.508 e. The van der Waals surface area contributed by atoms with E-state index in [1.54, 1.807) is 31.2 Å². The van der Waals surface area contributed by atoms with Crippen molar-refractivity contribution in [1.29, 1.82) is 0 Å². The van der Waals surface area contributed by atoms with E-state index in [9.17, 15) is 14.7 Å². The maximum absolute atomic E-state index is 12.9. The molecular formula is C18H12ClNO4. The van der Waals surface area contributed by atoms with E-state index in [1.807, 2.05) is 0 Å². The van der Waals surface area contributed by atoms with Crippen LogP contribution in [0.5, 0.6) is 5.75 Å². The van der Waals surface area contributed by atoms with Crippen LogP contribution in [-0.4, -0.2) is 11.0 Å². The van der Waals surface area contributed by atoms with E-state index >= 15 is 0 Å². The molecule has 0 bridgehead atoms. The third kappa shape index (κ3) is 2.09. The summed E-state index contributed by atoms with van der Waals surface area (Å²) in [7, 11) is 0. The molecule has 2 N–H and O–H groups in total. The molecule has 1 amide bonds. The van der Waals surface area contributed by atoms with Gasteiger partial charge in [-0.2, -0.15) is 0 Å². The van der Waals surface area contributed by atoms with E-state index in [1.165, 1.54) is 12.1 Å². The Morgan fingerprint density at radius 1 is 1.17 bits per heavy atom. The molecule has 0 radical (unpaired) electrons. The van der Waals surface area contributed by atoms with Crippen molar-refractivity contribution in [3.8, 4) is 5.75 Å². The third-order valence-corrected chi connectivity index (χ3v) is 4.61. The van der Waals surface area contributed by atoms with E-state index in [2.05, 4.69) is 5.32 Å². The molecule has 0 saturated carbocycles. The Morgan fingerprint density at radius 2 is 1.88 bits per heavy atom. The van der Waals surface area contributed by atoms with Crippen molar-refractivity contribution >= 4 is 28.5 Å². The van der Waals surface area contributed by atoms with Crippen LogP contribution in [0.2, 0.25) is 5.02 Å². The highest BCUT2D eigenvalue weighted by atomic mass is 35.5. The Morgan fingerprint density at radius 3 is 2.58 bits per heavy atom. The molecule has 0 spiro atoms. The molecule has 5 nitrogen and oxygen atoms in total.